The number of carbonyl (C=O) groups is 2. The molecule has 2 N–H and O–H groups in total. The van der Waals surface area contributed by atoms with Crippen molar-refractivity contribution in [1.29, 1.82) is 0 Å². The largest absolute Gasteiger partial charge is 0.481 e. The maximum atomic E-state index is 14.7. The van der Waals surface area contributed by atoms with Crippen LogP contribution < -0.4 is 5.32 Å². The molecule has 3 aromatic carbocycles. The van der Waals surface area contributed by atoms with Crippen molar-refractivity contribution in [3.8, 4) is 11.1 Å². The molecule has 3 fully saturated rings. The normalized spacial score (nSPS) is 21.5. The lowest BCUT2D eigenvalue weighted by molar-refractivity contribution is -0.161. The molecule has 3 aliphatic carbocycles. The van der Waals surface area contributed by atoms with E-state index in [1.165, 1.54) is 22.9 Å². The second-order valence-corrected chi connectivity index (χ2v) is 11.0. The molecule has 7 rings (SSSR count). The summed E-state index contributed by atoms with van der Waals surface area (Å²) in [6.45, 7) is 0.0669. The molecule has 1 amide bonds. The number of rotatable bonds is 8. The average Bonchev–Trinajstić information content (AvgIpc) is 3.26. The number of aliphatic carboxylic acids is 1. The average molecular weight is 553 g/mol. The number of carboxylic acids is 1. The number of hydrogen-bond donors (Lipinski definition) is 2. The number of benzene rings is 3. The van der Waals surface area contributed by atoms with Crippen LogP contribution in [0.5, 0.6) is 0 Å². The number of hydrogen-bond acceptors (Lipinski definition) is 4. The summed E-state index contributed by atoms with van der Waals surface area (Å²) in [5.41, 5.74) is 0.957. The second-order valence-electron chi connectivity index (χ2n) is 11.0. The van der Waals surface area contributed by atoms with Gasteiger partial charge in [-0.25, -0.2) is 9.07 Å². The Hall–Kier alpha value is -4.28. The van der Waals surface area contributed by atoms with Crippen LogP contribution in [-0.2, 0) is 17.5 Å². The van der Waals surface area contributed by atoms with Gasteiger partial charge in [0, 0.05) is 17.5 Å². The van der Waals surface area contributed by atoms with E-state index >= 15 is 0 Å². The third-order valence-electron chi connectivity index (χ3n) is 8.04. The first kappa shape index (κ1) is 26.0. The molecule has 3 aliphatic rings. The maximum absolute atomic E-state index is 14.7. The highest BCUT2D eigenvalue weighted by Gasteiger charge is 2.67. The first-order valence-electron chi connectivity index (χ1n) is 12.8. The molecule has 40 heavy (non-hydrogen) atoms. The molecule has 2 bridgehead atoms. The molecule has 0 radical (unpaired) electrons. The van der Waals surface area contributed by atoms with Gasteiger partial charge in [-0.2, -0.15) is 13.2 Å². The SMILES string of the molecule is O=C(O)CCC12CC(NC(=O)c3cc(-c4ccccc4F)cc4nnn(Cc5ccc(C(F)(F)F)cc5)c34)(C1)C2. The summed E-state index contributed by atoms with van der Waals surface area (Å²) < 4.78 is 55.1. The Kier molecular flexibility index (Phi) is 5.93. The molecule has 0 unspecified atom stereocenters. The Morgan fingerprint density at radius 1 is 1.02 bits per heavy atom. The predicted octanol–water partition coefficient (Wildman–Crippen LogP) is 5.82. The van der Waals surface area contributed by atoms with Gasteiger partial charge in [-0.1, -0.05) is 35.5 Å². The van der Waals surface area contributed by atoms with Gasteiger partial charge in [-0.15, -0.1) is 5.10 Å². The first-order chi connectivity index (χ1) is 19.0. The molecular weight excluding hydrogens is 528 g/mol. The van der Waals surface area contributed by atoms with E-state index in [0.29, 0.717) is 47.8 Å². The smallest absolute Gasteiger partial charge is 0.416 e. The lowest BCUT2D eigenvalue weighted by Crippen LogP contribution is -2.74. The van der Waals surface area contributed by atoms with Crippen LogP contribution in [0.2, 0.25) is 0 Å². The van der Waals surface area contributed by atoms with Crippen molar-refractivity contribution in [2.75, 3.05) is 0 Å². The Morgan fingerprint density at radius 3 is 2.38 bits per heavy atom. The summed E-state index contributed by atoms with van der Waals surface area (Å²) in [4.78, 5) is 24.7. The van der Waals surface area contributed by atoms with E-state index in [4.69, 9.17) is 5.11 Å². The van der Waals surface area contributed by atoms with E-state index in [0.717, 1.165) is 12.1 Å². The second kappa shape index (κ2) is 9.14. The van der Waals surface area contributed by atoms with Crippen molar-refractivity contribution in [2.24, 2.45) is 5.41 Å². The van der Waals surface area contributed by atoms with Crippen LogP contribution in [0.15, 0.2) is 60.7 Å². The third kappa shape index (κ3) is 4.59. The number of alkyl halides is 3. The van der Waals surface area contributed by atoms with Crippen LogP contribution in [0.1, 0.15) is 53.6 Å². The fourth-order valence-electron chi connectivity index (χ4n) is 6.30. The van der Waals surface area contributed by atoms with Gasteiger partial charge in [0.05, 0.1) is 17.7 Å². The number of aromatic nitrogens is 3. The lowest BCUT2D eigenvalue weighted by Gasteiger charge is -2.71. The molecule has 0 saturated heterocycles. The molecule has 7 nitrogen and oxygen atoms in total. The number of amides is 1. The molecule has 0 aliphatic heterocycles. The first-order valence-corrected chi connectivity index (χ1v) is 12.8. The zero-order valence-corrected chi connectivity index (χ0v) is 21.1. The highest BCUT2D eigenvalue weighted by molar-refractivity contribution is 6.07. The van der Waals surface area contributed by atoms with Gasteiger partial charge in [-0.3, -0.25) is 9.59 Å². The fraction of sp³-hybridized carbons (Fsp3) is 0.310. The third-order valence-corrected chi connectivity index (χ3v) is 8.04. The van der Waals surface area contributed by atoms with Crippen LogP contribution in [0.25, 0.3) is 22.2 Å². The van der Waals surface area contributed by atoms with Gasteiger partial charge in [0.2, 0.25) is 0 Å². The highest BCUT2D eigenvalue weighted by Crippen LogP contribution is 2.69. The molecule has 1 aromatic heterocycles. The monoisotopic (exact) mass is 552 g/mol. The molecule has 1 heterocycles. The van der Waals surface area contributed by atoms with Crippen LogP contribution in [-0.4, -0.2) is 37.5 Å². The van der Waals surface area contributed by atoms with Crippen LogP contribution in [0.3, 0.4) is 0 Å². The lowest BCUT2D eigenvalue weighted by atomic mass is 9.38. The quantitative estimate of drug-likeness (QED) is 0.269. The fourth-order valence-corrected chi connectivity index (χ4v) is 6.30. The van der Waals surface area contributed by atoms with E-state index in [1.54, 1.807) is 30.3 Å². The molecule has 0 atom stereocenters. The van der Waals surface area contributed by atoms with Gasteiger partial charge >= 0.3 is 12.1 Å². The minimum Gasteiger partial charge on any atom is -0.481 e. The maximum Gasteiger partial charge on any atom is 0.416 e. The molecule has 0 spiro atoms. The molecule has 3 saturated carbocycles. The molecule has 11 heteroatoms. The summed E-state index contributed by atoms with van der Waals surface area (Å²) in [6, 6.07) is 14.0. The number of nitrogens with zero attached hydrogens (tertiary/aromatic N) is 3. The van der Waals surface area contributed by atoms with Crippen LogP contribution in [0, 0.1) is 11.2 Å². The summed E-state index contributed by atoms with van der Waals surface area (Å²) in [6.07, 6.45) is -1.73. The van der Waals surface area contributed by atoms with Crippen molar-refractivity contribution in [3.05, 3.63) is 83.2 Å². The number of nitrogens with one attached hydrogen (secondary N) is 1. The zero-order chi connectivity index (χ0) is 28.3. The highest BCUT2D eigenvalue weighted by atomic mass is 19.4. The van der Waals surface area contributed by atoms with Gasteiger partial charge in [0.1, 0.15) is 16.9 Å². The Labute approximate surface area is 225 Å². The Bertz CT molecular complexity index is 1630. The zero-order valence-electron chi connectivity index (χ0n) is 21.1. The summed E-state index contributed by atoms with van der Waals surface area (Å²) in [7, 11) is 0. The molecule has 206 valence electrons. The van der Waals surface area contributed by atoms with Gasteiger partial charge in [0.15, 0.2) is 0 Å². The summed E-state index contributed by atoms with van der Waals surface area (Å²) in [5, 5.41) is 20.5. The van der Waals surface area contributed by atoms with Crippen LogP contribution in [0.4, 0.5) is 17.6 Å². The van der Waals surface area contributed by atoms with Gasteiger partial charge < -0.3 is 10.4 Å². The molecular formula is C29H24F4N4O3. The summed E-state index contributed by atoms with van der Waals surface area (Å²) in [5.74, 6) is -1.71. The number of fused-ring (bicyclic) bond motifs is 1. The van der Waals surface area contributed by atoms with Crippen LogP contribution >= 0.6 is 0 Å². The van der Waals surface area contributed by atoms with Crippen molar-refractivity contribution < 1.29 is 32.3 Å². The van der Waals surface area contributed by atoms with Gasteiger partial charge in [-0.05, 0) is 72.6 Å². The van der Waals surface area contributed by atoms with E-state index in [2.05, 4.69) is 15.6 Å². The van der Waals surface area contributed by atoms with E-state index in [9.17, 15) is 27.2 Å². The minimum absolute atomic E-state index is 0.0537. The topological polar surface area (TPSA) is 97.1 Å². The summed E-state index contributed by atoms with van der Waals surface area (Å²) >= 11 is 0. The van der Waals surface area contributed by atoms with Gasteiger partial charge in [0.25, 0.3) is 5.91 Å². The Morgan fingerprint density at radius 2 is 1.73 bits per heavy atom. The van der Waals surface area contributed by atoms with E-state index in [1.807, 2.05) is 0 Å². The van der Waals surface area contributed by atoms with E-state index < -0.39 is 35.0 Å². The number of halogens is 4. The molecule has 4 aromatic rings. The number of carboxylic acid groups (broad SMARTS) is 1. The standard InChI is InChI=1S/C29H24F4N4O3/c30-22-4-2-1-3-20(22)18-11-21(26(40)34-28-14-27(15-28,16-28)10-9-24(38)39)25-23(12-18)35-36-37(25)13-17-5-7-19(8-6-17)29(31,32)33/h1-8,11-12H,9-10,13-16H2,(H,34,40)(H,38,39). The van der Waals surface area contributed by atoms with Crippen molar-refractivity contribution >= 4 is 22.9 Å². The van der Waals surface area contributed by atoms with Crippen molar-refractivity contribution in [1.82, 2.24) is 20.3 Å². The van der Waals surface area contributed by atoms with E-state index in [-0.39, 0.29) is 29.5 Å². The minimum atomic E-state index is -4.46. The number of carbonyl (C=O) groups excluding carboxylic acids is 1. The van der Waals surface area contributed by atoms with Crippen molar-refractivity contribution in [3.63, 3.8) is 0 Å². The van der Waals surface area contributed by atoms with Crippen molar-refractivity contribution in [2.45, 2.75) is 50.4 Å². The Balaban J connectivity index is 1.33. The predicted molar refractivity (Wildman–Crippen MR) is 137 cm³/mol.